The molecule has 6 heteroatoms. The summed E-state index contributed by atoms with van der Waals surface area (Å²) in [6.07, 6.45) is 0. The Balaban J connectivity index is 2.10. The number of esters is 1. The summed E-state index contributed by atoms with van der Waals surface area (Å²) in [5.74, 6) is -0.319. The Hall–Kier alpha value is -2.24. The number of halogens is 1. The second kappa shape index (κ2) is 8.63. The Morgan fingerprint density at radius 2 is 1.89 bits per heavy atom. The van der Waals surface area contributed by atoms with Gasteiger partial charge in [0.25, 0.3) is 5.56 Å². The van der Waals surface area contributed by atoms with Gasteiger partial charge in [-0.25, -0.2) is 0 Å². The Labute approximate surface area is 167 Å². The van der Waals surface area contributed by atoms with Crippen LogP contribution in [0, 0.1) is 0 Å². The van der Waals surface area contributed by atoms with E-state index in [0.717, 1.165) is 16.0 Å². The van der Waals surface area contributed by atoms with E-state index in [9.17, 15) is 9.59 Å². The van der Waals surface area contributed by atoms with E-state index in [4.69, 9.17) is 16.3 Å². The first-order chi connectivity index (χ1) is 13.0. The van der Waals surface area contributed by atoms with Crippen molar-refractivity contribution in [3.05, 3.63) is 75.5 Å². The highest BCUT2D eigenvalue weighted by atomic mass is 35.5. The van der Waals surface area contributed by atoms with Gasteiger partial charge in [0.05, 0.1) is 11.6 Å². The van der Waals surface area contributed by atoms with Crippen LogP contribution in [0.25, 0.3) is 10.8 Å². The first-order valence-electron chi connectivity index (χ1n) is 8.76. The summed E-state index contributed by atoms with van der Waals surface area (Å²) in [6.45, 7) is 4.49. The monoisotopic (exact) mass is 401 g/mol. The van der Waals surface area contributed by atoms with E-state index in [-0.39, 0.29) is 11.5 Å². The van der Waals surface area contributed by atoms with Gasteiger partial charge in [0.2, 0.25) is 0 Å². The van der Waals surface area contributed by atoms with Crippen LogP contribution >= 0.6 is 23.4 Å². The lowest BCUT2D eigenvalue weighted by Gasteiger charge is -2.19. The smallest absolute Gasteiger partial charge is 0.324 e. The number of hydrogen-bond donors (Lipinski definition) is 0. The molecule has 2 aromatic carbocycles. The SMILES string of the molecule is CCOC(=O)C(Sc1cc2ccc(Cl)cc2c(=O)n1CC)c1ccccc1. The predicted octanol–water partition coefficient (Wildman–Crippen LogP) is 5.07. The van der Waals surface area contributed by atoms with Crippen molar-refractivity contribution in [2.45, 2.75) is 30.7 Å². The van der Waals surface area contributed by atoms with Crippen molar-refractivity contribution in [3.8, 4) is 0 Å². The first-order valence-corrected chi connectivity index (χ1v) is 10.0. The molecular weight excluding hydrogens is 382 g/mol. The molecule has 0 N–H and O–H groups in total. The molecule has 0 saturated heterocycles. The summed E-state index contributed by atoms with van der Waals surface area (Å²) in [5, 5.41) is 2.07. The largest absolute Gasteiger partial charge is 0.465 e. The van der Waals surface area contributed by atoms with Crippen molar-refractivity contribution >= 4 is 40.1 Å². The van der Waals surface area contributed by atoms with Gasteiger partial charge in [0.1, 0.15) is 5.25 Å². The third kappa shape index (κ3) is 4.20. The number of thioether (sulfide) groups is 1. The highest BCUT2D eigenvalue weighted by molar-refractivity contribution is 8.00. The number of nitrogens with zero attached hydrogens (tertiary/aromatic N) is 1. The van der Waals surface area contributed by atoms with Crippen LogP contribution in [0.3, 0.4) is 0 Å². The molecule has 4 nitrogen and oxygen atoms in total. The van der Waals surface area contributed by atoms with Crippen molar-refractivity contribution in [2.24, 2.45) is 0 Å². The van der Waals surface area contributed by atoms with Crippen LogP contribution in [-0.4, -0.2) is 17.1 Å². The topological polar surface area (TPSA) is 48.3 Å². The molecule has 0 bridgehead atoms. The fraction of sp³-hybridized carbons (Fsp3) is 0.238. The molecule has 1 unspecified atom stereocenters. The maximum atomic E-state index is 12.9. The summed E-state index contributed by atoms with van der Waals surface area (Å²) < 4.78 is 6.94. The van der Waals surface area contributed by atoms with Gasteiger partial charge in [-0.2, -0.15) is 0 Å². The Morgan fingerprint density at radius 1 is 1.15 bits per heavy atom. The minimum atomic E-state index is -0.548. The van der Waals surface area contributed by atoms with Crippen LogP contribution in [-0.2, 0) is 16.1 Å². The van der Waals surface area contributed by atoms with Crippen LogP contribution in [0.1, 0.15) is 24.7 Å². The average Bonchev–Trinajstić information content (AvgIpc) is 2.67. The number of benzene rings is 2. The van der Waals surface area contributed by atoms with Crippen LogP contribution in [0.2, 0.25) is 5.02 Å². The van der Waals surface area contributed by atoms with Gasteiger partial charge < -0.3 is 9.30 Å². The molecule has 0 aliphatic carbocycles. The fourth-order valence-corrected chi connectivity index (χ4v) is 4.32. The van der Waals surface area contributed by atoms with Crippen molar-refractivity contribution in [1.29, 1.82) is 0 Å². The van der Waals surface area contributed by atoms with E-state index in [2.05, 4.69) is 0 Å². The molecule has 0 spiro atoms. The molecule has 0 fully saturated rings. The summed E-state index contributed by atoms with van der Waals surface area (Å²) in [4.78, 5) is 25.5. The van der Waals surface area contributed by atoms with E-state index in [1.807, 2.05) is 49.4 Å². The first kappa shape index (κ1) is 19.5. The highest BCUT2D eigenvalue weighted by Crippen LogP contribution is 2.37. The van der Waals surface area contributed by atoms with Gasteiger partial charge in [-0.1, -0.05) is 59.8 Å². The summed E-state index contributed by atoms with van der Waals surface area (Å²) >= 11 is 7.38. The third-order valence-corrected chi connectivity index (χ3v) is 5.71. The molecule has 1 atom stereocenters. The molecule has 0 aliphatic rings. The number of aromatic nitrogens is 1. The fourth-order valence-electron chi connectivity index (χ4n) is 2.91. The molecule has 0 saturated carbocycles. The molecule has 0 radical (unpaired) electrons. The Morgan fingerprint density at radius 3 is 2.56 bits per heavy atom. The zero-order chi connectivity index (χ0) is 19.4. The van der Waals surface area contributed by atoms with Crippen LogP contribution < -0.4 is 5.56 Å². The molecule has 0 aliphatic heterocycles. The normalized spacial score (nSPS) is 12.1. The van der Waals surface area contributed by atoms with E-state index < -0.39 is 5.25 Å². The lowest BCUT2D eigenvalue weighted by atomic mass is 10.1. The lowest BCUT2D eigenvalue weighted by Crippen LogP contribution is -2.22. The number of carbonyl (C=O) groups is 1. The second-order valence-corrected chi connectivity index (χ2v) is 7.49. The number of rotatable bonds is 6. The van der Waals surface area contributed by atoms with E-state index in [0.29, 0.717) is 23.6 Å². The minimum Gasteiger partial charge on any atom is -0.465 e. The summed E-state index contributed by atoms with van der Waals surface area (Å²) in [6, 6.07) is 16.6. The van der Waals surface area contributed by atoms with Gasteiger partial charge in [0, 0.05) is 17.0 Å². The van der Waals surface area contributed by atoms with Crippen LogP contribution in [0.15, 0.2) is 64.4 Å². The van der Waals surface area contributed by atoms with Crippen molar-refractivity contribution in [2.75, 3.05) is 6.61 Å². The zero-order valence-electron chi connectivity index (χ0n) is 15.1. The molecule has 0 amide bonds. The number of ether oxygens (including phenoxy) is 1. The number of fused-ring (bicyclic) bond motifs is 1. The van der Waals surface area contributed by atoms with Crippen molar-refractivity contribution < 1.29 is 9.53 Å². The quantitative estimate of drug-likeness (QED) is 0.427. The van der Waals surface area contributed by atoms with Gasteiger partial charge in [-0.05, 0) is 43.0 Å². The van der Waals surface area contributed by atoms with Gasteiger partial charge in [-0.15, -0.1) is 0 Å². The van der Waals surface area contributed by atoms with E-state index in [1.54, 1.807) is 23.6 Å². The lowest BCUT2D eigenvalue weighted by molar-refractivity contribution is -0.142. The molecule has 27 heavy (non-hydrogen) atoms. The Bertz CT molecular complexity index is 1020. The number of carbonyl (C=O) groups excluding carboxylic acids is 1. The minimum absolute atomic E-state index is 0.115. The Kier molecular flexibility index (Phi) is 6.24. The van der Waals surface area contributed by atoms with Crippen molar-refractivity contribution in [3.63, 3.8) is 0 Å². The predicted molar refractivity (Wildman–Crippen MR) is 111 cm³/mol. The molecule has 3 rings (SSSR count). The average molecular weight is 402 g/mol. The van der Waals surface area contributed by atoms with E-state index in [1.165, 1.54) is 11.8 Å². The van der Waals surface area contributed by atoms with Crippen LogP contribution in [0.4, 0.5) is 0 Å². The molecule has 3 aromatic rings. The highest BCUT2D eigenvalue weighted by Gasteiger charge is 2.25. The number of pyridine rings is 1. The summed E-state index contributed by atoms with van der Waals surface area (Å²) in [7, 11) is 0. The van der Waals surface area contributed by atoms with Crippen molar-refractivity contribution in [1.82, 2.24) is 4.57 Å². The van der Waals surface area contributed by atoms with Gasteiger partial charge >= 0.3 is 5.97 Å². The van der Waals surface area contributed by atoms with Crippen LogP contribution in [0.5, 0.6) is 0 Å². The maximum absolute atomic E-state index is 12.9. The molecule has 140 valence electrons. The maximum Gasteiger partial charge on any atom is 0.324 e. The second-order valence-electron chi connectivity index (χ2n) is 5.92. The zero-order valence-corrected chi connectivity index (χ0v) is 16.7. The third-order valence-electron chi connectivity index (χ3n) is 4.19. The molecular formula is C21H20ClNO3S. The van der Waals surface area contributed by atoms with Gasteiger partial charge in [-0.3, -0.25) is 9.59 Å². The standard InChI is InChI=1S/C21H20ClNO3S/c1-3-23-18(12-15-10-11-16(22)13-17(15)20(23)24)27-19(21(25)26-4-2)14-8-6-5-7-9-14/h5-13,19H,3-4H2,1-2H3. The number of hydrogen-bond acceptors (Lipinski definition) is 4. The van der Waals surface area contributed by atoms with Gasteiger partial charge in [0.15, 0.2) is 0 Å². The molecule has 1 heterocycles. The molecule has 1 aromatic heterocycles. The summed E-state index contributed by atoms with van der Waals surface area (Å²) in [5.41, 5.74) is 0.725. The van der Waals surface area contributed by atoms with E-state index >= 15 is 0 Å².